The standard InChI is InChI=1S/C23H39N5O/c1-4-13-27-16-11-19(12-17-27)26-23(24-2)25-18-21(28-14-7-8-15-28)20-9-5-6-10-22(20)29-3/h5-6,9-10,19,21H,4,7-8,11-18H2,1-3H3,(H2,24,25,26). The van der Waals surface area contributed by atoms with Crippen LogP contribution in [0.1, 0.15) is 50.6 Å². The van der Waals surface area contributed by atoms with Crippen LogP contribution in [0.5, 0.6) is 5.75 Å². The number of nitrogens with one attached hydrogen (secondary N) is 2. The lowest BCUT2D eigenvalue weighted by Crippen LogP contribution is -2.50. The van der Waals surface area contributed by atoms with Crippen molar-refractivity contribution in [2.24, 2.45) is 4.99 Å². The minimum Gasteiger partial charge on any atom is -0.496 e. The van der Waals surface area contributed by atoms with E-state index in [2.05, 4.69) is 50.5 Å². The number of likely N-dealkylation sites (tertiary alicyclic amines) is 2. The van der Waals surface area contributed by atoms with Crippen molar-refractivity contribution in [2.45, 2.75) is 51.1 Å². The van der Waals surface area contributed by atoms with Gasteiger partial charge in [-0.25, -0.2) is 0 Å². The van der Waals surface area contributed by atoms with Crippen molar-refractivity contribution in [1.29, 1.82) is 0 Å². The van der Waals surface area contributed by atoms with Crippen LogP contribution in [-0.4, -0.2) is 75.2 Å². The van der Waals surface area contributed by atoms with Gasteiger partial charge in [-0.2, -0.15) is 0 Å². The van der Waals surface area contributed by atoms with E-state index in [0.717, 1.165) is 31.3 Å². The smallest absolute Gasteiger partial charge is 0.191 e. The van der Waals surface area contributed by atoms with Crippen LogP contribution in [0.3, 0.4) is 0 Å². The summed E-state index contributed by atoms with van der Waals surface area (Å²) < 4.78 is 5.67. The number of methoxy groups -OCH3 is 1. The molecular formula is C23H39N5O. The van der Waals surface area contributed by atoms with Crippen LogP contribution in [0.25, 0.3) is 0 Å². The lowest BCUT2D eigenvalue weighted by Gasteiger charge is -2.34. The molecule has 2 aliphatic rings. The molecule has 2 heterocycles. The van der Waals surface area contributed by atoms with Gasteiger partial charge in [-0.15, -0.1) is 0 Å². The molecule has 2 fully saturated rings. The molecule has 0 spiro atoms. The molecular weight excluding hydrogens is 362 g/mol. The summed E-state index contributed by atoms with van der Waals surface area (Å²) in [5.41, 5.74) is 1.26. The molecule has 1 aromatic rings. The Morgan fingerprint density at radius 3 is 2.55 bits per heavy atom. The highest BCUT2D eigenvalue weighted by Gasteiger charge is 2.26. The number of para-hydroxylation sites is 1. The number of hydrogen-bond donors (Lipinski definition) is 2. The van der Waals surface area contributed by atoms with E-state index in [4.69, 9.17) is 4.74 Å². The number of piperidine rings is 1. The van der Waals surface area contributed by atoms with E-state index < -0.39 is 0 Å². The second kappa shape index (κ2) is 11.4. The molecule has 6 heteroatoms. The monoisotopic (exact) mass is 401 g/mol. The van der Waals surface area contributed by atoms with Crippen LogP contribution in [0, 0.1) is 0 Å². The van der Waals surface area contributed by atoms with E-state index in [0.29, 0.717) is 12.1 Å². The van der Waals surface area contributed by atoms with Gasteiger partial charge >= 0.3 is 0 Å². The fraction of sp³-hybridized carbons (Fsp3) is 0.696. The van der Waals surface area contributed by atoms with Crippen LogP contribution in [0.2, 0.25) is 0 Å². The summed E-state index contributed by atoms with van der Waals surface area (Å²) in [6, 6.07) is 9.21. The molecule has 0 saturated carbocycles. The van der Waals surface area contributed by atoms with Crippen molar-refractivity contribution in [3.05, 3.63) is 29.8 Å². The summed E-state index contributed by atoms with van der Waals surface area (Å²) in [5, 5.41) is 7.26. The summed E-state index contributed by atoms with van der Waals surface area (Å²) in [7, 11) is 3.63. The molecule has 0 bridgehead atoms. The van der Waals surface area contributed by atoms with Gasteiger partial charge in [0.05, 0.1) is 13.2 Å². The largest absolute Gasteiger partial charge is 0.496 e. The molecule has 6 nitrogen and oxygen atoms in total. The molecule has 162 valence electrons. The predicted molar refractivity (Wildman–Crippen MR) is 121 cm³/mol. The quantitative estimate of drug-likeness (QED) is 0.518. The molecule has 2 saturated heterocycles. The number of benzene rings is 1. The molecule has 29 heavy (non-hydrogen) atoms. The maximum Gasteiger partial charge on any atom is 0.191 e. The Kier molecular flexibility index (Phi) is 8.62. The topological polar surface area (TPSA) is 52.1 Å². The van der Waals surface area contributed by atoms with Crippen molar-refractivity contribution in [3.63, 3.8) is 0 Å². The van der Waals surface area contributed by atoms with Gasteiger partial charge in [0.25, 0.3) is 0 Å². The zero-order valence-electron chi connectivity index (χ0n) is 18.5. The highest BCUT2D eigenvalue weighted by atomic mass is 16.5. The van der Waals surface area contributed by atoms with Gasteiger partial charge < -0.3 is 20.3 Å². The Bertz CT molecular complexity index is 636. The molecule has 0 amide bonds. The number of hydrogen-bond acceptors (Lipinski definition) is 4. The summed E-state index contributed by atoms with van der Waals surface area (Å²) in [5.74, 6) is 1.88. The molecule has 3 rings (SSSR count). The van der Waals surface area contributed by atoms with Crippen LogP contribution in [-0.2, 0) is 0 Å². The summed E-state index contributed by atoms with van der Waals surface area (Å²) >= 11 is 0. The molecule has 1 unspecified atom stereocenters. The zero-order valence-corrected chi connectivity index (χ0v) is 18.5. The first-order chi connectivity index (χ1) is 14.2. The van der Waals surface area contributed by atoms with E-state index in [1.54, 1.807) is 7.11 Å². The second-order valence-corrected chi connectivity index (χ2v) is 8.21. The van der Waals surface area contributed by atoms with E-state index in [1.165, 1.54) is 57.3 Å². The van der Waals surface area contributed by atoms with Gasteiger partial charge in [0.2, 0.25) is 0 Å². The normalized spacial score (nSPS) is 20.6. The predicted octanol–water partition coefficient (Wildman–Crippen LogP) is 2.87. The Morgan fingerprint density at radius 1 is 1.17 bits per heavy atom. The van der Waals surface area contributed by atoms with Crippen LogP contribution < -0.4 is 15.4 Å². The average Bonchev–Trinajstić information content (AvgIpc) is 3.29. The van der Waals surface area contributed by atoms with Gasteiger partial charge in [0, 0.05) is 38.3 Å². The second-order valence-electron chi connectivity index (χ2n) is 8.21. The van der Waals surface area contributed by atoms with Crippen molar-refractivity contribution >= 4 is 5.96 Å². The molecule has 2 aliphatic heterocycles. The Hall–Kier alpha value is -1.79. The molecule has 0 radical (unpaired) electrons. The maximum atomic E-state index is 5.67. The van der Waals surface area contributed by atoms with Crippen molar-refractivity contribution in [3.8, 4) is 5.75 Å². The minimum atomic E-state index is 0.290. The van der Waals surface area contributed by atoms with Crippen LogP contribution in [0.4, 0.5) is 0 Å². The third kappa shape index (κ3) is 6.09. The number of rotatable bonds is 8. The molecule has 2 N–H and O–H groups in total. The van der Waals surface area contributed by atoms with Crippen LogP contribution in [0.15, 0.2) is 29.3 Å². The molecule has 0 aliphatic carbocycles. The molecule has 1 atom stereocenters. The number of aliphatic imine (C=N–C) groups is 1. The summed E-state index contributed by atoms with van der Waals surface area (Å²) in [6.07, 6.45) is 6.15. The van der Waals surface area contributed by atoms with E-state index in [9.17, 15) is 0 Å². The fourth-order valence-electron chi connectivity index (χ4n) is 4.63. The van der Waals surface area contributed by atoms with E-state index >= 15 is 0 Å². The molecule has 1 aromatic carbocycles. The van der Waals surface area contributed by atoms with Crippen LogP contribution >= 0.6 is 0 Å². The van der Waals surface area contributed by atoms with Gasteiger partial charge in [-0.3, -0.25) is 9.89 Å². The Balaban J connectivity index is 1.59. The zero-order chi connectivity index (χ0) is 20.5. The number of nitrogens with zero attached hydrogens (tertiary/aromatic N) is 3. The Labute approximate surface area is 176 Å². The van der Waals surface area contributed by atoms with E-state index in [-0.39, 0.29) is 0 Å². The third-order valence-electron chi connectivity index (χ3n) is 6.23. The lowest BCUT2D eigenvalue weighted by atomic mass is 10.0. The Morgan fingerprint density at radius 2 is 1.90 bits per heavy atom. The van der Waals surface area contributed by atoms with Gasteiger partial charge in [0.1, 0.15) is 5.75 Å². The van der Waals surface area contributed by atoms with Gasteiger partial charge in [0.15, 0.2) is 5.96 Å². The fourth-order valence-corrected chi connectivity index (χ4v) is 4.63. The average molecular weight is 402 g/mol. The summed E-state index contributed by atoms with van der Waals surface area (Å²) in [4.78, 5) is 9.64. The van der Waals surface area contributed by atoms with Crippen molar-refractivity contribution < 1.29 is 4.74 Å². The number of guanidine groups is 1. The highest BCUT2D eigenvalue weighted by molar-refractivity contribution is 5.80. The van der Waals surface area contributed by atoms with Gasteiger partial charge in [-0.05, 0) is 57.8 Å². The lowest BCUT2D eigenvalue weighted by molar-refractivity contribution is 0.205. The first kappa shape index (κ1) is 21.9. The van der Waals surface area contributed by atoms with E-state index in [1.807, 2.05) is 13.1 Å². The third-order valence-corrected chi connectivity index (χ3v) is 6.23. The SMILES string of the molecule is CCCN1CCC(NC(=NC)NCC(c2ccccc2OC)N2CCCC2)CC1. The summed E-state index contributed by atoms with van der Waals surface area (Å²) in [6.45, 7) is 8.96. The highest BCUT2D eigenvalue weighted by Crippen LogP contribution is 2.31. The first-order valence-corrected chi connectivity index (χ1v) is 11.3. The van der Waals surface area contributed by atoms with Gasteiger partial charge in [-0.1, -0.05) is 25.1 Å². The minimum absolute atomic E-state index is 0.290. The number of ether oxygens (including phenoxy) is 1. The first-order valence-electron chi connectivity index (χ1n) is 11.3. The molecule has 0 aromatic heterocycles. The maximum absolute atomic E-state index is 5.67. The van der Waals surface area contributed by atoms with Crippen molar-refractivity contribution in [2.75, 3.05) is 53.4 Å². The van der Waals surface area contributed by atoms with Crippen molar-refractivity contribution in [1.82, 2.24) is 20.4 Å².